The number of nitrogens with one attached hydrogen (secondary N) is 2. The summed E-state index contributed by atoms with van der Waals surface area (Å²) in [6, 6.07) is 8.88. The molecule has 0 unspecified atom stereocenters. The first-order chi connectivity index (χ1) is 15.8. The van der Waals surface area contributed by atoms with Gasteiger partial charge in [-0.2, -0.15) is 4.31 Å². The number of anilines is 2. The number of carbonyl (C=O) groups is 2. The largest absolute Gasteiger partial charge is 0.493 e. The first kappa shape index (κ1) is 23.1. The number of hydrogen-bond donors (Lipinski definition) is 2. The molecule has 176 valence electrons. The van der Waals surface area contributed by atoms with E-state index >= 15 is 0 Å². The third-order valence-electron chi connectivity index (χ3n) is 5.96. The van der Waals surface area contributed by atoms with Gasteiger partial charge in [-0.05, 0) is 61.6 Å². The Morgan fingerprint density at radius 1 is 1.06 bits per heavy atom. The van der Waals surface area contributed by atoms with Crippen LogP contribution in [0.15, 0.2) is 41.3 Å². The quantitative estimate of drug-likeness (QED) is 0.667. The third-order valence-corrected chi connectivity index (χ3v) is 7.87. The zero-order valence-electron chi connectivity index (χ0n) is 18.6. The lowest BCUT2D eigenvalue weighted by atomic mass is 10.1. The number of rotatable bonds is 6. The van der Waals surface area contributed by atoms with Crippen molar-refractivity contribution in [2.24, 2.45) is 0 Å². The fraction of sp³-hybridized carbons (Fsp3) is 0.391. The number of sulfonamides is 1. The second-order valence-corrected chi connectivity index (χ2v) is 9.94. The van der Waals surface area contributed by atoms with Crippen LogP contribution in [0.3, 0.4) is 0 Å². The molecule has 10 heteroatoms. The minimum atomic E-state index is -3.89. The van der Waals surface area contributed by atoms with E-state index in [4.69, 9.17) is 9.47 Å². The summed E-state index contributed by atoms with van der Waals surface area (Å²) in [6.45, 7) is 0.264. The summed E-state index contributed by atoms with van der Waals surface area (Å²) >= 11 is 0. The predicted molar refractivity (Wildman–Crippen MR) is 123 cm³/mol. The molecule has 0 spiro atoms. The monoisotopic (exact) mass is 473 g/mol. The summed E-state index contributed by atoms with van der Waals surface area (Å²) in [6.07, 6.45) is 2.69. The summed E-state index contributed by atoms with van der Waals surface area (Å²) in [5, 5.41) is 5.61. The maximum atomic E-state index is 13.4. The van der Waals surface area contributed by atoms with Crippen molar-refractivity contribution in [2.75, 3.05) is 31.4 Å². The van der Waals surface area contributed by atoms with Crippen LogP contribution in [0.4, 0.5) is 11.4 Å². The zero-order valence-corrected chi connectivity index (χ0v) is 19.4. The molecular weight excluding hydrogens is 446 g/mol. The van der Waals surface area contributed by atoms with Gasteiger partial charge in [0.25, 0.3) is 0 Å². The van der Waals surface area contributed by atoms with Gasteiger partial charge in [-0.1, -0.05) is 0 Å². The van der Waals surface area contributed by atoms with E-state index in [-0.39, 0.29) is 17.3 Å². The Bertz CT molecular complexity index is 1180. The molecule has 0 bridgehead atoms. The van der Waals surface area contributed by atoms with E-state index in [2.05, 4.69) is 10.6 Å². The Kier molecular flexibility index (Phi) is 6.57. The van der Waals surface area contributed by atoms with Crippen molar-refractivity contribution in [2.45, 2.75) is 43.0 Å². The molecule has 0 aromatic heterocycles. The van der Waals surface area contributed by atoms with Crippen LogP contribution >= 0.6 is 0 Å². The number of ether oxygens (including phenoxy) is 2. The van der Waals surface area contributed by atoms with Gasteiger partial charge in [0.1, 0.15) is 6.04 Å². The van der Waals surface area contributed by atoms with E-state index < -0.39 is 22.0 Å². The van der Waals surface area contributed by atoms with Crippen molar-refractivity contribution in [3.8, 4) is 11.5 Å². The molecule has 1 fully saturated rings. The second kappa shape index (κ2) is 9.40. The Morgan fingerprint density at radius 3 is 2.61 bits per heavy atom. The standard InChI is InChI=1S/C23H27N3O6S/c1-31-20-11-8-16(14-21(20)32-2)24-23(28)19-6-4-12-26(19)33(29,30)17-9-10-18-15(13-17)5-3-7-22(27)25-18/h8-11,13-14,19H,3-7,12H2,1-2H3,(H,24,28)(H,25,27)/t19-/m1/s1. The van der Waals surface area contributed by atoms with E-state index in [1.807, 2.05) is 0 Å². The lowest BCUT2D eigenvalue weighted by Gasteiger charge is -2.24. The van der Waals surface area contributed by atoms with Gasteiger partial charge in [-0.25, -0.2) is 8.42 Å². The molecule has 2 aromatic carbocycles. The molecule has 0 radical (unpaired) electrons. The Labute approximate surface area is 193 Å². The highest BCUT2D eigenvalue weighted by Crippen LogP contribution is 2.32. The van der Waals surface area contributed by atoms with Gasteiger partial charge < -0.3 is 20.1 Å². The highest BCUT2D eigenvalue weighted by Gasteiger charge is 2.39. The number of nitrogens with zero attached hydrogens (tertiary/aromatic N) is 1. The fourth-order valence-electron chi connectivity index (χ4n) is 4.28. The number of amides is 2. The molecule has 2 heterocycles. The Morgan fingerprint density at radius 2 is 1.85 bits per heavy atom. The summed E-state index contributed by atoms with van der Waals surface area (Å²) < 4.78 is 38.6. The maximum absolute atomic E-state index is 13.4. The van der Waals surface area contributed by atoms with Gasteiger partial charge >= 0.3 is 0 Å². The van der Waals surface area contributed by atoms with E-state index in [1.165, 1.54) is 24.6 Å². The van der Waals surface area contributed by atoms with Crippen LogP contribution in [0.2, 0.25) is 0 Å². The minimum Gasteiger partial charge on any atom is -0.493 e. The van der Waals surface area contributed by atoms with Crippen molar-refractivity contribution < 1.29 is 27.5 Å². The fourth-order valence-corrected chi connectivity index (χ4v) is 5.98. The number of fused-ring (bicyclic) bond motifs is 1. The summed E-state index contributed by atoms with van der Waals surface area (Å²) in [5.74, 6) is 0.518. The lowest BCUT2D eigenvalue weighted by Crippen LogP contribution is -2.43. The third kappa shape index (κ3) is 4.67. The number of aryl methyl sites for hydroxylation is 1. The van der Waals surface area contributed by atoms with Crippen molar-refractivity contribution >= 4 is 33.2 Å². The van der Waals surface area contributed by atoms with E-state index in [9.17, 15) is 18.0 Å². The molecule has 1 saturated heterocycles. The van der Waals surface area contributed by atoms with Crippen molar-refractivity contribution in [1.29, 1.82) is 0 Å². The SMILES string of the molecule is COc1ccc(NC(=O)[C@H]2CCCN2S(=O)(=O)c2ccc3c(c2)CCCC(=O)N3)cc1OC. The van der Waals surface area contributed by atoms with Gasteiger partial charge in [0.2, 0.25) is 21.8 Å². The molecule has 9 nitrogen and oxygen atoms in total. The minimum absolute atomic E-state index is 0.0733. The summed E-state index contributed by atoms with van der Waals surface area (Å²) in [4.78, 5) is 24.9. The predicted octanol–water partition coefficient (Wildman–Crippen LogP) is 2.77. The van der Waals surface area contributed by atoms with Gasteiger partial charge in [0.05, 0.1) is 19.1 Å². The van der Waals surface area contributed by atoms with Crippen molar-refractivity contribution in [3.05, 3.63) is 42.0 Å². The van der Waals surface area contributed by atoms with Crippen LogP contribution in [-0.4, -0.2) is 51.3 Å². The highest BCUT2D eigenvalue weighted by molar-refractivity contribution is 7.89. The summed E-state index contributed by atoms with van der Waals surface area (Å²) in [5.41, 5.74) is 1.91. The van der Waals surface area contributed by atoms with Gasteiger partial charge in [0.15, 0.2) is 11.5 Å². The van der Waals surface area contributed by atoms with Crippen LogP contribution in [0.1, 0.15) is 31.2 Å². The Hall–Kier alpha value is -3.11. The van der Waals surface area contributed by atoms with Crippen LogP contribution in [0, 0.1) is 0 Å². The normalized spacial score (nSPS) is 18.7. The smallest absolute Gasteiger partial charge is 0.243 e. The number of hydrogen-bond acceptors (Lipinski definition) is 6. The molecule has 2 aromatic rings. The maximum Gasteiger partial charge on any atom is 0.243 e. The molecule has 0 saturated carbocycles. The lowest BCUT2D eigenvalue weighted by molar-refractivity contribution is -0.119. The van der Waals surface area contributed by atoms with E-state index in [0.717, 1.165) is 5.56 Å². The summed E-state index contributed by atoms with van der Waals surface area (Å²) in [7, 11) is -0.870. The second-order valence-electron chi connectivity index (χ2n) is 8.05. The molecular formula is C23H27N3O6S. The molecule has 33 heavy (non-hydrogen) atoms. The average molecular weight is 474 g/mol. The molecule has 2 aliphatic heterocycles. The zero-order chi connectivity index (χ0) is 23.6. The molecule has 2 aliphatic rings. The number of benzene rings is 2. The highest BCUT2D eigenvalue weighted by atomic mass is 32.2. The average Bonchev–Trinajstić information content (AvgIpc) is 3.23. The first-order valence-corrected chi connectivity index (χ1v) is 12.2. The van der Waals surface area contributed by atoms with Gasteiger partial charge in [-0.3, -0.25) is 9.59 Å². The molecule has 4 rings (SSSR count). The molecule has 2 N–H and O–H groups in total. The van der Waals surface area contributed by atoms with Gasteiger partial charge in [0, 0.05) is 30.4 Å². The Balaban J connectivity index is 1.55. The van der Waals surface area contributed by atoms with Crippen molar-refractivity contribution in [1.82, 2.24) is 4.31 Å². The van der Waals surface area contributed by atoms with E-state index in [1.54, 1.807) is 30.3 Å². The first-order valence-electron chi connectivity index (χ1n) is 10.8. The van der Waals surface area contributed by atoms with Crippen molar-refractivity contribution in [3.63, 3.8) is 0 Å². The van der Waals surface area contributed by atoms with E-state index in [0.29, 0.717) is 55.0 Å². The van der Waals surface area contributed by atoms with Crippen LogP contribution in [0.25, 0.3) is 0 Å². The molecule has 1 atom stereocenters. The van der Waals surface area contributed by atoms with Gasteiger partial charge in [-0.15, -0.1) is 0 Å². The molecule has 2 amide bonds. The topological polar surface area (TPSA) is 114 Å². The number of carbonyl (C=O) groups excluding carboxylic acids is 2. The molecule has 0 aliphatic carbocycles. The van der Waals surface area contributed by atoms with Crippen LogP contribution < -0.4 is 20.1 Å². The van der Waals surface area contributed by atoms with Crippen LogP contribution in [0.5, 0.6) is 11.5 Å². The van der Waals surface area contributed by atoms with Crippen LogP contribution in [-0.2, 0) is 26.0 Å². The number of methoxy groups -OCH3 is 2.